The molecule has 2 N–H and O–H groups in total. The fourth-order valence-corrected chi connectivity index (χ4v) is 2.88. The second kappa shape index (κ2) is 7.49. The molecule has 2 heterocycles. The van der Waals surface area contributed by atoms with Crippen LogP contribution in [0.3, 0.4) is 0 Å². The molecule has 27 heavy (non-hydrogen) atoms. The van der Waals surface area contributed by atoms with E-state index in [1.807, 2.05) is 37.3 Å². The molecular weight excluding hydrogens is 348 g/mol. The zero-order valence-corrected chi connectivity index (χ0v) is 14.9. The molecule has 0 fully saturated rings. The normalized spacial score (nSPS) is 12.2. The number of hydrogen-bond donors (Lipinski definition) is 2. The quantitative estimate of drug-likeness (QED) is 0.626. The van der Waals surface area contributed by atoms with Crippen LogP contribution >= 0.6 is 0 Å². The summed E-state index contributed by atoms with van der Waals surface area (Å²) in [5.41, 5.74) is 1.37. The number of aromatic amines is 1. The number of aromatic nitrogens is 1. The smallest absolute Gasteiger partial charge is 0.267 e. The molecule has 0 atom stereocenters. The van der Waals surface area contributed by atoms with Gasteiger partial charge in [-0.05, 0) is 37.3 Å². The monoisotopic (exact) mass is 368 g/mol. The van der Waals surface area contributed by atoms with E-state index in [1.54, 1.807) is 12.1 Å². The predicted molar refractivity (Wildman–Crippen MR) is 99.9 cm³/mol. The van der Waals surface area contributed by atoms with Gasteiger partial charge >= 0.3 is 0 Å². The molecule has 0 radical (unpaired) electrons. The lowest BCUT2D eigenvalue weighted by Crippen LogP contribution is -2.28. The third-order valence-electron chi connectivity index (χ3n) is 4.15. The number of ether oxygens (including phenoxy) is 4. The molecule has 2 aromatic carbocycles. The Balaban J connectivity index is 1.30. The Morgan fingerprint density at radius 3 is 2.78 bits per heavy atom. The van der Waals surface area contributed by atoms with Crippen molar-refractivity contribution in [3.05, 3.63) is 48.2 Å². The van der Waals surface area contributed by atoms with Crippen LogP contribution in [0.1, 0.15) is 17.4 Å². The van der Waals surface area contributed by atoms with Gasteiger partial charge in [0.05, 0.1) is 13.2 Å². The summed E-state index contributed by atoms with van der Waals surface area (Å²) < 4.78 is 21.7. The molecule has 1 amide bonds. The Hall–Kier alpha value is -3.35. The SMILES string of the molecule is CCOc1ccc2cc(C(=O)NCCOc3ccc4c(c3)OCO4)[nH]c2c1. The summed E-state index contributed by atoms with van der Waals surface area (Å²) in [5.74, 6) is 2.64. The Morgan fingerprint density at radius 1 is 1.07 bits per heavy atom. The average molecular weight is 368 g/mol. The van der Waals surface area contributed by atoms with E-state index in [0.29, 0.717) is 42.7 Å². The van der Waals surface area contributed by atoms with Crippen LogP contribution in [-0.2, 0) is 0 Å². The molecule has 1 aromatic heterocycles. The molecule has 1 aliphatic rings. The largest absolute Gasteiger partial charge is 0.494 e. The molecule has 7 heteroatoms. The van der Waals surface area contributed by atoms with Gasteiger partial charge in [0.25, 0.3) is 5.91 Å². The molecule has 3 aromatic rings. The summed E-state index contributed by atoms with van der Waals surface area (Å²) in [6, 6.07) is 12.9. The molecule has 0 aliphatic carbocycles. The van der Waals surface area contributed by atoms with Crippen LogP contribution in [0.15, 0.2) is 42.5 Å². The molecule has 140 valence electrons. The van der Waals surface area contributed by atoms with E-state index < -0.39 is 0 Å². The number of H-pyrrole nitrogens is 1. The molecule has 0 saturated carbocycles. The second-order valence-corrected chi connectivity index (χ2v) is 5.98. The van der Waals surface area contributed by atoms with Crippen LogP contribution < -0.4 is 24.3 Å². The van der Waals surface area contributed by atoms with Gasteiger partial charge in [0.2, 0.25) is 6.79 Å². The third-order valence-corrected chi connectivity index (χ3v) is 4.15. The average Bonchev–Trinajstić information content (AvgIpc) is 3.31. The van der Waals surface area contributed by atoms with E-state index in [2.05, 4.69) is 10.3 Å². The molecule has 0 bridgehead atoms. The topological polar surface area (TPSA) is 81.8 Å². The van der Waals surface area contributed by atoms with Crippen LogP contribution in [0, 0.1) is 0 Å². The van der Waals surface area contributed by atoms with Crippen LogP contribution in [0.25, 0.3) is 10.9 Å². The van der Waals surface area contributed by atoms with Crippen molar-refractivity contribution in [3.8, 4) is 23.0 Å². The zero-order valence-electron chi connectivity index (χ0n) is 14.9. The molecular formula is C20H20N2O5. The fraction of sp³-hybridized carbons (Fsp3) is 0.250. The Morgan fingerprint density at radius 2 is 1.89 bits per heavy atom. The number of benzene rings is 2. The highest BCUT2D eigenvalue weighted by Crippen LogP contribution is 2.35. The van der Waals surface area contributed by atoms with Gasteiger partial charge < -0.3 is 29.2 Å². The Labute approximate surface area is 156 Å². The third kappa shape index (κ3) is 3.76. The number of hydrogen-bond acceptors (Lipinski definition) is 5. The number of carbonyl (C=O) groups excluding carboxylic acids is 1. The van der Waals surface area contributed by atoms with Crippen molar-refractivity contribution < 1.29 is 23.7 Å². The van der Waals surface area contributed by atoms with Gasteiger partial charge in [-0.15, -0.1) is 0 Å². The molecule has 0 unspecified atom stereocenters. The predicted octanol–water partition coefficient (Wildman–Crippen LogP) is 3.10. The van der Waals surface area contributed by atoms with Gasteiger partial charge in [0.15, 0.2) is 11.5 Å². The van der Waals surface area contributed by atoms with E-state index in [9.17, 15) is 4.79 Å². The maximum absolute atomic E-state index is 12.3. The minimum atomic E-state index is -0.182. The van der Waals surface area contributed by atoms with Crippen molar-refractivity contribution in [2.45, 2.75) is 6.92 Å². The standard InChI is InChI=1S/C20H20N2O5/c1-2-24-14-4-3-13-9-17(22-16(13)10-14)20(23)21-7-8-25-15-5-6-18-19(11-15)27-12-26-18/h3-6,9-11,22H,2,7-8,12H2,1H3,(H,21,23). The summed E-state index contributed by atoms with van der Waals surface area (Å²) in [7, 11) is 0. The van der Waals surface area contributed by atoms with Gasteiger partial charge in [-0.2, -0.15) is 0 Å². The van der Waals surface area contributed by atoms with E-state index in [4.69, 9.17) is 18.9 Å². The molecule has 4 rings (SSSR count). The summed E-state index contributed by atoms with van der Waals surface area (Å²) in [4.78, 5) is 15.4. The van der Waals surface area contributed by atoms with Gasteiger partial charge in [-0.25, -0.2) is 0 Å². The van der Waals surface area contributed by atoms with Crippen molar-refractivity contribution in [2.75, 3.05) is 26.6 Å². The van der Waals surface area contributed by atoms with Crippen LogP contribution in [-0.4, -0.2) is 37.4 Å². The fourth-order valence-electron chi connectivity index (χ4n) is 2.88. The van der Waals surface area contributed by atoms with Crippen molar-refractivity contribution in [1.29, 1.82) is 0 Å². The number of fused-ring (bicyclic) bond motifs is 2. The minimum absolute atomic E-state index is 0.182. The molecule has 0 spiro atoms. The summed E-state index contributed by atoms with van der Waals surface area (Å²) in [6.07, 6.45) is 0. The first-order valence-electron chi connectivity index (χ1n) is 8.79. The van der Waals surface area contributed by atoms with Crippen LogP contribution in [0.4, 0.5) is 0 Å². The lowest BCUT2D eigenvalue weighted by Gasteiger charge is -2.07. The Kier molecular flexibility index (Phi) is 4.74. The highest BCUT2D eigenvalue weighted by molar-refractivity contribution is 5.98. The summed E-state index contributed by atoms with van der Waals surface area (Å²) in [6.45, 7) is 3.49. The van der Waals surface area contributed by atoms with Crippen LogP contribution in [0.5, 0.6) is 23.0 Å². The zero-order chi connectivity index (χ0) is 18.6. The number of amides is 1. The lowest BCUT2D eigenvalue weighted by molar-refractivity contribution is 0.0942. The van der Waals surface area contributed by atoms with Gasteiger partial charge in [0.1, 0.15) is 23.8 Å². The minimum Gasteiger partial charge on any atom is -0.494 e. The van der Waals surface area contributed by atoms with Gasteiger partial charge in [-0.1, -0.05) is 0 Å². The summed E-state index contributed by atoms with van der Waals surface area (Å²) >= 11 is 0. The second-order valence-electron chi connectivity index (χ2n) is 5.98. The van der Waals surface area contributed by atoms with E-state index >= 15 is 0 Å². The van der Waals surface area contributed by atoms with Gasteiger partial charge in [0, 0.05) is 23.0 Å². The van der Waals surface area contributed by atoms with E-state index in [1.165, 1.54) is 0 Å². The Bertz CT molecular complexity index is 966. The molecule has 7 nitrogen and oxygen atoms in total. The van der Waals surface area contributed by atoms with Crippen molar-refractivity contribution in [2.24, 2.45) is 0 Å². The van der Waals surface area contributed by atoms with Crippen molar-refractivity contribution >= 4 is 16.8 Å². The first-order valence-corrected chi connectivity index (χ1v) is 8.79. The maximum Gasteiger partial charge on any atom is 0.267 e. The van der Waals surface area contributed by atoms with E-state index in [-0.39, 0.29) is 12.7 Å². The van der Waals surface area contributed by atoms with Crippen molar-refractivity contribution in [3.63, 3.8) is 0 Å². The number of rotatable bonds is 7. The first-order chi connectivity index (χ1) is 13.2. The van der Waals surface area contributed by atoms with Crippen molar-refractivity contribution in [1.82, 2.24) is 10.3 Å². The summed E-state index contributed by atoms with van der Waals surface area (Å²) in [5, 5.41) is 3.80. The highest BCUT2D eigenvalue weighted by Gasteiger charge is 2.14. The lowest BCUT2D eigenvalue weighted by atomic mass is 10.2. The number of nitrogens with one attached hydrogen (secondary N) is 2. The first kappa shape index (κ1) is 17.1. The maximum atomic E-state index is 12.3. The highest BCUT2D eigenvalue weighted by atomic mass is 16.7. The number of carbonyl (C=O) groups is 1. The molecule has 0 saturated heterocycles. The van der Waals surface area contributed by atoms with Crippen LogP contribution in [0.2, 0.25) is 0 Å². The van der Waals surface area contributed by atoms with Gasteiger partial charge in [-0.3, -0.25) is 4.79 Å². The van der Waals surface area contributed by atoms with E-state index in [0.717, 1.165) is 16.7 Å². The molecule has 1 aliphatic heterocycles.